The summed E-state index contributed by atoms with van der Waals surface area (Å²) in [6.07, 6.45) is 2.72. The fourth-order valence-electron chi connectivity index (χ4n) is 4.05. The molecule has 0 N–H and O–H groups in total. The van der Waals surface area contributed by atoms with Gasteiger partial charge in [-0.3, -0.25) is 9.69 Å². The first kappa shape index (κ1) is 24.3. The Bertz CT molecular complexity index is 1260. The third-order valence-electron chi connectivity index (χ3n) is 5.84. The molecule has 0 atom stereocenters. The summed E-state index contributed by atoms with van der Waals surface area (Å²) >= 11 is 7.80. The van der Waals surface area contributed by atoms with Gasteiger partial charge in [-0.2, -0.15) is 0 Å². The molecule has 0 bridgehead atoms. The van der Waals surface area contributed by atoms with Gasteiger partial charge in [-0.1, -0.05) is 35.9 Å². The van der Waals surface area contributed by atoms with Crippen LogP contribution >= 0.6 is 23.4 Å². The van der Waals surface area contributed by atoms with Crippen LogP contribution in [0, 0.1) is 20.8 Å². The van der Waals surface area contributed by atoms with Crippen LogP contribution in [0.5, 0.6) is 0 Å². The highest BCUT2D eigenvalue weighted by molar-refractivity contribution is 8.18. The van der Waals surface area contributed by atoms with Crippen LogP contribution in [0.4, 0.5) is 5.69 Å². The fourth-order valence-corrected chi connectivity index (χ4v) is 5.24. The Labute approximate surface area is 210 Å². The van der Waals surface area contributed by atoms with Gasteiger partial charge in [0.05, 0.1) is 10.6 Å². The normalized spacial score (nSPS) is 16.3. The number of aliphatic imine (C=N–C) groups is 1. The molecule has 1 aliphatic heterocycles. The number of nitrogens with zero attached hydrogens (tertiary/aromatic N) is 3. The third kappa shape index (κ3) is 4.99. The number of aryl methyl sites for hydroxylation is 1. The second-order valence-electron chi connectivity index (χ2n) is 8.19. The molecular formula is C27H28ClN3O2S. The van der Waals surface area contributed by atoms with E-state index in [1.165, 1.54) is 11.8 Å². The van der Waals surface area contributed by atoms with Crippen molar-refractivity contribution in [2.75, 3.05) is 20.3 Å². The summed E-state index contributed by atoms with van der Waals surface area (Å²) in [5.41, 5.74) is 6.04. The number of amides is 1. The Kier molecular flexibility index (Phi) is 7.61. The summed E-state index contributed by atoms with van der Waals surface area (Å²) in [4.78, 5) is 20.5. The lowest BCUT2D eigenvalue weighted by Gasteiger charge is -2.15. The molecule has 0 aliphatic carbocycles. The average molecular weight is 494 g/mol. The van der Waals surface area contributed by atoms with Crippen LogP contribution in [0.25, 0.3) is 11.8 Å². The summed E-state index contributed by atoms with van der Waals surface area (Å²) < 4.78 is 7.38. The van der Waals surface area contributed by atoms with Crippen molar-refractivity contribution in [3.63, 3.8) is 0 Å². The van der Waals surface area contributed by atoms with E-state index in [-0.39, 0.29) is 5.91 Å². The molecule has 176 valence electrons. The first-order valence-electron chi connectivity index (χ1n) is 11.2. The van der Waals surface area contributed by atoms with Gasteiger partial charge in [0.25, 0.3) is 5.91 Å². The molecular weight excluding hydrogens is 466 g/mol. The maximum absolute atomic E-state index is 13.4. The second-order valence-corrected chi connectivity index (χ2v) is 9.61. The maximum Gasteiger partial charge on any atom is 0.266 e. The Morgan fingerprint density at radius 3 is 2.59 bits per heavy atom. The van der Waals surface area contributed by atoms with E-state index in [1.807, 2.05) is 55.5 Å². The van der Waals surface area contributed by atoms with Crippen LogP contribution < -0.4 is 0 Å². The molecule has 2 heterocycles. The Balaban J connectivity index is 1.71. The number of methoxy groups -OCH3 is 1. The lowest BCUT2D eigenvalue weighted by Crippen LogP contribution is -2.30. The molecule has 0 unspecified atom stereocenters. The highest BCUT2D eigenvalue weighted by Crippen LogP contribution is 2.36. The number of aromatic nitrogens is 1. The van der Waals surface area contributed by atoms with Crippen LogP contribution in [-0.2, 0) is 9.53 Å². The number of amidine groups is 1. The van der Waals surface area contributed by atoms with Gasteiger partial charge >= 0.3 is 0 Å². The number of carbonyl (C=O) groups is 1. The number of hydrogen-bond acceptors (Lipinski definition) is 4. The molecule has 2 aromatic carbocycles. The number of rotatable bonds is 7. The van der Waals surface area contributed by atoms with Crippen LogP contribution in [-0.4, -0.2) is 40.8 Å². The largest absolute Gasteiger partial charge is 0.385 e. The molecule has 7 heteroatoms. The van der Waals surface area contributed by atoms with Crippen molar-refractivity contribution in [2.24, 2.45) is 4.99 Å². The minimum atomic E-state index is -0.0282. The SMILES string of the molecule is COCCCN1C(=O)/C(=C/c2cc(C)n(-c3cccc(Cl)c3C)c2C)SC1=Nc1ccccc1. The topological polar surface area (TPSA) is 46.8 Å². The minimum absolute atomic E-state index is 0.0282. The van der Waals surface area contributed by atoms with Gasteiger partial charge in [-0.25, -0.2) is 4.99 Å². The number of para-hydroxylation sites is 1. The highest BCUT2D eigenvalue weighted by Gasteiger charge is 2.33. The predicted molar refractivity (Wildman–Crippen MR) is 142 cm³/mol. The van der Waals surface area contributed by atoms with E-state index in [2.05, 4.69) is 30.5 Å². The van der Waals surface area contributed by atoms with Gasteiger partial charge in [0.15, 0.2) is 5.17 Å². The molecule has 0 spiro atoms. The van der Waals surface area contributed by atoms with Gasteiger partial charge in [0, 0.05) is 42.4 Å². The zero-order valence-electron chi connectivity index (χ0n) is 19.8. The van der Waals surface area contributed by atoms with E-state index < -0.39 is 0 Å². The quantitative estimate of drug-likeness (QED) is 0.272. The highest BCUT2D eigenvalue weighted by atomic mass is 35.5. The van der Waals surface area contributed by atoms with Gasteiger partial charge < -0.3 is 9.30 Å². The Morgan fingerprint density at radius 1 is 1.09 bits per heavy atom. The number of ether oxygens (including phenoxy) is 1. The number of hydrogen-bond donors (Lipinski definition) is 0. The monoisotopic (exact) mass is 493 g/mol. The van der Waals surface area contributed by atoms with Crippen LogP contribution in [0.2, 0.25) is 5.02 Å². The molecule has 5 nitrogen and oxygen atoms in total. The summed E-state index contributed by atoms with van der Waals surface area (Å²) in [6.45, 7) is 7.31. The van der Waals surface area contributed by atoms with Crippen LogP contribution in [0.15, 0.2) is 64.5 Å². The predicted octanol–water partition coefficient (Wildman–Crippen LogP) is 6.70. The summed E-state index contributed by atoms with van der Waals surface area (Å²) in [5, 5.41) is 1.43. The molecule has 34 heavy (non-hydrogen) atoms. The van der Waals surface area contributed by atoms with Crippen LogP contribution in [0.1, 0.15) is 28.9 Å². The molecule has 4 rings (SSSR count). The number of carbonyl (C=O) groups excluding carboxylic acids is 1. The molecule has 1 fully saturated rings. The van der Waals surface area contributed by atoms with Crippen LogP contribution in [0.3, 0.4) is 0 Å². The summed E-state index contributed by atoms with van der Waals surface area (Å²) in [6, 6.07) is 17.8. The molecule has 0 saturated carbocycles. The molecule has 3 aromatic rings. The van der Waals surface area contributed by atoms with E-state index in [1.54, 1.807) is 12.0 Å². The van der Waals surface area contributed by atoms with Gasteiger partial charge in [-0.15, -0.1) is 0 Å². The second kappa shape index (κ2) is 10.6. The van der Waals surface area contributed by atoms with E-state index in [4.69, 9.17) is 21.3 Å². The zero-order valence-corrected chi connectivity index (χ0v) is 21.4. The first-order valence-corrected chi connectivity index (χ1v) is 12.4. The Hall–Kier alpha value is -2.80. The van der Waals surface area contributed by atoms with E-state index >= 15 is 0 Å². The molecule has 1 aliphatic rings. The smallest absolute Gasteiger partial charge is 0.266 e. The maximum atomic E-state index is 13.4. The lowest BCUT2D eigenvalue weighted by molar-refractivity contribution is -0.122. The zero-order chi connectivity index (χ0) is 24.2. The van der Waals surface area contributed by atoms with Crippen molar-refractivity contribution in [1.82, 2.24) is 9.47 Å². The fraction of sp³-hybridized carbons (Fsp3) is 0.259. The molecule has 1 saturated heterocycles. The molecule has 1 aromatic heterocycles. The lowest BCUT2D eigenvalue weighted by atomic mass is 10.2. The minimum Gasteiger partial charge on any atom is -0.385 e. The van der Waals surface area contributed by atoms with Crippen molar-refractivity contribution in [3.05, 3.63) is 87.0 Å². The van der Waals surface area contributed by atoms with Gasteiger partial charge in [0.2, 0.25) is 0 Å². The Morgan fingerprint density at radius 2 is 1.85 bits per heavy atom. The van der Waals surface area contributed by atoms with Gasteiger partial charge in [-0.05, 0) is 86.5 Å². The standard InChI is InChI=1S/C27H28ClN3O2S/c1-18-16-21(20(3)31(18)24-13-8-12-23(28)19(24)2)17-25-26(32)30(14-9-15-33-4)27(34-25)29-22-10-6-5-7-11-22/h5-8,10-13,16-17H,9,14-15H2,1-4H3/b25-17-,29-27?. The van der Waals surface area contributed by atoms with Gasteiger partial charge in [0.1, 0.15) is 0 Å². The molecule has 1 amide bonds. The van der Waals surface area contributed by atoms with E-state index in [0.29, 0.717) is 23.2 Å². The van der Waals surface area contributed by atoms with E-state index in [0.717, 1.165) is 45.3 Å². The van der Waals surface area contributed by atoms with Crippen molar-refractivity contribution in [3.8, 4) is 5.69 Å². The third-order valence-corrected chi connectivity index (χ3v) is 7.25. The number of thioether (sulfide) groups is 1. The number of halogens is 1. The molecule has 0 radical (unpaired) electrons. The van der Waals surface area contributed by atoms with Crippen molar-refractivity contribution in [1.29, 1.82) is 0 Å². The average Bonchev–Trinajstić information content (AvgIpc) is 3.26. The first-order chi connectivity index (χ1) is 16.4. The van der Waals surface area contributed by atoms with Crippen molar-refractivity contribution < 1.29 is 9.53 Å². The van der Waals surface area contributed by atoms with Crippen molar-refractivity contribution >= 4 is 46.2 Å². The van der Waals surface area contributed by atoms with E-state index in [9.17, 15) is 4.79 Å². The summed E-state index contributed by atoms with van der Waals surface area (Å²) in [5.74, 6) is -0.0282. The number of benzene rings is 2. The summed E-state index contributed by atoms with van der Waals surface area (Å²) in [7, 11) is 1.67. The van der Waals surface area contributed by atoms with Crippen molar-refractivity contribution in [2.45, 2.75) is 27.2 Å².